The van der Waals surface area contributed by atoms with Crippen molar-refractivity contribution >= 4 is 40.5 Å². The van der Waals surface area contributed by atoms with Crippen LogP contribution in [0, 0.1) is 11.8 Å². The number of rotatable bonds is 4. The maximum atomic E-state index is 14.0. The van der Waals surface area contributed by atoms with E-state index in [0.29, 0.717) is 0 Å². The maximum absolute atomic E-state index is 14.0. The Balaban J connectivity index is 2.13. The van der Waals surface area contributed by atoms with Crippen LogP contribution >= 0.6 is 0 Å². The second-order valence-electron chi connectivity index (χ2n) is 9.48. The Morgan fingerprint density at radius 2 is 1.81 bits per heavy atom. The SMILES string of the molecule is C=C1c2ccc(N)c(O)c2C(O)=C2C(=O)[C@]3(O)C(O)=C(C(N)=O)C(=O)[C@@H](N(C)C)[C@@H]3[C@@H](OC(=O)CC)[C@H]12. The van der Waals surface area contributed by atoms with Crippen LogP contribution in [0.2, 0.25) is 0 Å². The largest absolute Gasteiger partial charge is 0.508 e. The van der Waals surface area contributed by atoms with E-state index in [0.717, 1.165) is 0 Å². The number of hydrogen-bond donors (Lipinski definition) is 6. The van der Waals surface area contributed by atoms with Crippen LogP contribution in [-0.2, 0) is 23.9 Å². The number of primary amides is 1. The molecule has 3 aliphatic rings. The minimum absolute atomic E-state index is 0.122. The summed E-state index contributed by atoms with van der Waals surface area (Å²) in [5.74, 6) is -10.0. The molecule has 1 saturated carbocycles. The first-order valence-corrected chi connectivity index (χ1v) is 11.4. The zero-order valence-corrected chi connectivity index (χ0v) is 20.3. The summed E-state index contributed by atoms with van der Waals surface area (Å²) in [5.41, 5.74) is 6.49. The molecule has 0 saturated heterocycles. The van der Waals surface area contributed by atoms with Gasteiger partial charge in [-0.3, -0.25) is 24.1 Å². The van der Waals surface area contributed by atoms with Gasteiger partial charge in [-0.05, 0) is 31.3 Å². The number of anilines is 1. The molecule has 0 spiro atoms. The number of aliphatic hydroxyl groups is 3. The summed E-state index contributed by atoms with van der Waals surface area (Å²) in [6, 6.07) is 1.34. The molecule has 0 bridgehead atoms. The maximum Gasteiger partial charge on any atom is 0.305 e. The number of hydrogen-bond acceptors (Lipinski definition) is 11. The number of ether oxygens (including phenoxy) is 1. The summed E-state index contributed by atoms with van der Waals surface area (Å²) in [5, 5.41) is 44.7. The van der Waals surface area contributed by atoms with Crippen LogP contribution in [0.1, 0.15) is 24.5 Å². The molecule has 3 aliphatic carbocycles. The number of aliphatic hydroxyl groups excluding tert-OH is 2. The fourth-order valence-electron chi connectivity index (χ4n) is 5.61. The van der Waals surface area contributed by atoms with Crippen molar-refractivity contribution in [2.24, 2.45) is 17.6 Å². The van der Waals surface area contributed by atoms with Gasteiger partial charge in [0, 0.05) is 6.42 Å². The lowest BCUT2D eigenvalue weighted by atomic mass is 9.55. The van der Waals surface area contributed by atoms with Crippen LogP contribution in [0.4, 0.5) is 5.69 Å². The third kappa shape index (κ3) is 3.29. The molecule has 1 aromatic carbocycles. The Morgan fingerprint density at radius 1 is 1.19 bits per heavy atom. The Hall–Kier alpha value is -4.16. The number of phenols is 1. The van der Waals surface area contributed by atoms with Gasteiger partial charge in [0.2, 0.25) is 5.78 Å². The van der Waals surface area contributed by atoms with Crippen molar-refractivity contribution in [2.75, 3.05) is 19.8 Å². The highest BCUT2D eigenvalue weighted by atomic mass is 16.5. The van der Waals surface area contributed by atoms with Crippen LogP contribution in [0.3, 0.4) is 0 Å². The highest BCUT2D eigenvalue weighted by Gasteiger charge is 2.69. The number of aromatic hydroxyl groups is 1. The van der Waals surface area contributed by atoms with Crippen molar-refractivity contribution < 1.29 is 44.3 Å². The van der Waals surface area contributed by atoms with E-state index in [1.54, 1.807) is 0 Å². The first-order chi connectivity index (χ1) is 17.2. The number of likely N-dealkylation sites (N-methyl/N-ethyl adjacent to an activating group) is 1. The zero-order valence-electron chi connectivity index (χ0n) is 20.3. The molecule has 196 valence electrons. The van der Waals surface area contributed by atoms with E-state index in [2.05, 4.69) is 6.58 Å². The summed E-state index contributed by atoms with van der Waals surface area (Å²) in [6.45, 7) is 5.51. The van der Waals surface area contributed by atoms with Gasteiger partial charge in [-0.15, -0.1) is 0 Å². The average Bonchev–Trinajstić information content (AvgIpc) is 2.82. The third-order valence-electron chi connectivity index (χ3n) is 7.30. The molecule has 37 heavy (non-hydrogen) atoms. The summed E-state index contributed by atoms with van der Waals surface area (Å²) in [6.07, 6.45) is -1.65. The number of nitrogen functional groups attached to an aromatic ring is 1. The molecule has 8 N–H and O–H groups in total. The van der Waals surface area contributed by atoms with Gasteiger partial charge in [0.15, 0.2) is 11.4 Å². The summed E-state index contributed by atoms with van der Waals surface area (Å²) in [4.78, 5) is 53.4. The van der Waals surface area contributed by atoms with Gasteiger partial charge >= 0.3 is 5.97 Å². The van der Waals surface area contributed by atoms with Gasteiger partial charge in [0.1, 0.15) is 28.9 Å². The Bertz CT molecular complexity index is 1360. The lowest BCUT2D eigenvalue weighted by Crippen LogP contribution is -2.70. The monoisotopic (exact) mass is 513 g/mol. The van der Waals surface area contributed by atoms with Crippen LogP contribution in [0.5, 0.6) is 5.75 Å². The number of phenolic OH excluding ortho intramolecular Hbond substituents is 1. The third-order valence-corrected chi connectivity index (χ3v) is 7.30. The molecule has 1 amide bonds. The van der Waals surface area contributed by atoms with Crippen molar-refractivity contribution in [2.45, 2.75) is 31.1 Å². The van der Waals surface area contributed by atoms with Gasteiger partial charge in [-0.25, -0.2) is 0 Å². The Labute approximate surface area is 211 Å². The molecule has 0 heterocycles. The van der Waals surface area contributed by atoms with Crippen molar-refractivity contribution in [3.8, 4) is 5.75 Å². The van der Waals surface area contributed by atoms with Crippen molar-refractivity contribution in [3.05, 3.63) is 46.7 Å². The van der Waals surface area contributed by atoms with Crippen LogP contribution in [0.15, 0.2) is 35.6 Å². The normalized spacial score (nSPS) is 29.2. The van der Waals surface area contributed by atoms with E-state index in [-0.39, 0.29) is 28.8 Å². The van der Waals surface area contributed by atoms with Gasteiger partial charge in [0.05, 0.1) is 34.7 Å². The first-order valence-electron chi connectivity index (χ1n) is 11.4. The summed E-state index contributed by atoms with van der Waals surface area (Å²) in [7, 11) is 2.86. The number of nitrogens with two attached hydrogens (primary N) is 2. The topological polar surface area (TPSA) is 214 Å². The number of esters is 1. The van der Waals surface area contributed by atoms with Crippen LogP contribution < -0.4 is 11.5 Å². The standard InChI is InChI=1S/C25H27N3O9/c1-5-11(29)37-21-12-8(2)9-6-7-10(26)18(30)13(9)19(31)14(12)22(33)25(36)16(21)17(28(3)4)20(32)15(23(25)34)24(27)35/h6-7,12,16-17,21,30-31,34,36H,2,5,26H2,1,3-4H3,(H2,27,35)/t12-,16-,17+,21+,25+/m1/s1. The molecule has 0 aliphatic heterocycles. The number of carbonyl (C=O) groups is 4. The molecular formula is C25H27N3O9. The Kier molecular flexibility index (Phi) is 5.92. The van der Waals surface area contributed by atoms with Crippen molar-refractivity contribution in [1.29, 1.82) is 0 Å². The molecule has 0 aromatic heterocycles. The number of carbonyl (C=O) groups excluding carboxylic acids is 4. The minimum atomic E-state index is -3.01. The number of benzene rings is 1. The molecule has 12 nitrogen and oxygen atoms in total. The van der Waals surface area contributed by atoms with E-state index < -0.39 is 81.4 Å². The molecule has 1 aromatic rings. The zero-order chi connectivity index (χ0) is 27.7. The molecule has 5 atom stereocenters. The highest BCUT2D eigenvalue weighted by molar-refractivity contribution is 6.25. The van der Waals surface area contributed by atoms with Crippen molar-refractivity contribution in [3.63, 3.8) is 0 Å². The fourth-order valence-corrected chi connectivity index (χ4v) is 5.61. The van der Waals surface area contributed by atoms with Gasteiger partial charge in [0.25, 0.3) is 5.91 Å². The van der Waals surface area contributed by atoms with Gasteiger partial charge in [-0.2, -0.15) is 0 Å². The average molecular weight is 514 g/mol. The lowest BCUT2D eigenvalue weighted by molar-refractivity contribution is -0.181. The quantitative estimate of drug-likeness (QED) is 0.136. The smallest absolute Gasteiger partial charge is 0.305 e. The second-order valence-corrected chi connectivity index (χ2v) is 9.48. The summed E-state index contributed by atoms with van der Waals surface area (Å²) >= 11 is 0. The fraction of sp³-hybridized carbons (Fsp3) is 0.360. The minimum Gasteiger partial charge on any atom is -0.508 e. The number of Topliss-reactive ketones (excluding diaryl/α,β-unsaturated/α-hetero) is 2. The first kappa shape index (κ1) is 25.9. The number of ketones is 2. The molecule has 12 heteroatoms. The van der Waals surface area contributed by atoms with Crippen LogP contribution in [0.25, 0.3) is 11.3 Å². The van der Waals surface area contributed by atoms with E-state index in [1.807, 2.05) is 0 Å². The number of nitrogens with zero attached hydrogens (tertiary/aromatic N) is 1. The second kappa shape index (κ2) is 8.46. The molecule has 0 radical (unpaired) electrons. The molecule has 4 rings (SSSR count). The predicted molar refractivity (Wildman–Crippen MR) is 130 cm³/mol. The van der Waals surface area contributed by atoms with Crippen LogP contribution in [-0.4, -0.2) is 80.6 Å². The predicted octanol–water partition coefficient (Wildman–Crippen LogP) is -0.0514. The van der Waals surface area contributed by atoms with Crippen molar-refractivity contribution in [1.82, 2.24) is 4.90 Å². The summed E-state index contributed by atoms with van der Waals surface area (Å²) < 4.78 is 5.68. The molecular weight excluding hydrogens is 486 g/mol. The van der Waals surface area contributed by atoms with E-state index in [4.69, 9.17) is 16.2 Å². The van der Waals surface area contributed by atoms with E-state index >= 15 is 0 Å². The lowest BCUT2D eigenvalue weighted by Gasteiger charge is -2.53. The van der Waals surface area contributed by atoms with E-state index in [9.17, 15) is 39.6 Å². The van der Waals surface area contributed by atoms with Gasteiger partial charge in [-0.1, -0.05) is 19.6 Å². The Morgan fingerprint density at radius 3 is 2.35 bits per heavy atom. The molecule has 0 unspecified atom stereocenters. The van der Waals surface area contributed by atoms with Gasteiger partial charge < -0.3 is 36.6 Å². The number of amides is 1. The van der Waals surface area contributed by atoms with E-state index in [1.165, 1.54) is 38.1 Å². The highest BCUT2D eigenvalue weighted by Crippen LogP contribution is 2.56. The number of fused-ring (bicyclic) bond motifs is 3. The molecule has 1 fully saturated rings.